The Balaban J connectivity index is 1.89. The Bertz CT molecular complexity index is 573. The molecular formula is C18H26N2O3. The zero-order valence-corrected chi connectivity index (χ0v) is 14.6. The molecule has 1 saturated heterocycles. The number of benzene rings is 1. The van der Waals surface area contributed by atoms with Gasteiger partial charge in [-0.3, -0.25) is 4.79 Å². The zero-order chi connectivity index (χ0) is 17.2. The molecule has 1 aliphatic heterocycles. The van der Waals surface area contributed by atoms with Gasteiger partial charge in [-0.15, -0.1) is 0 Å². The number of cyclic esters (lactones) is 1. The number of hydrogen-bond donors (Lipinski definition) is 1. The summed E-state index contributed by atoms with van der Waals surface area (Å²) in [6, 6.07) is 7.72. The average molecular weight is 318 g/mol. The number of amides is 2. The summed E-state index contributed by atoms with van der Waals surface area (Å²) in [4.78, 5) is 25.5. The highest BCUT2D eigenvalue weighted by Gasteiger charge is 2.32. The van der Waals surface area contributed by atoms with Gasteiger partial charge in [-0.05, 0) is 37.0 Å². The number of carbonyl (C=O) groups excluding carboxylic acids is 2. The minimum atomic E-state index is -0.311. The van der Waals surface area contributed by atoms with Gasteiger partial charge >= 0.3 is 6.09 Å². The van der Waals surface area contributed by atoms with Gasteiger partial charge in [0.1, 0.15) is 6.10 Å². The molecule has 2 rings (SSSR count). The van der Waals surface area contributed by atoms with Gasteiger partial charge in [0.25, 0.3) is 5.91 Å². The van der Waals surface area contributed by atoms with E-state index in [0.717, 1.165) is 0 Å². The van der Waals surface area contributed by atoms with Crippen LogP contribution in [-0.2, 0) is 10.2 Å². The molecule has 1 aromatic rings. The third-order valence-electron chi connectivity index (χ3n) is 4.03. The molecule has 1 fully saturated rings. The summed E-state index contributed by atoms with van der Waals surface area (Å²) >= 11 is 0. The van der Waals surface area contributed by atoms with Crippen LogP contribution in [0.15, 0.2) is 24.3 Å². The van der Waals surface area contributed by atoms with Crippen LogP contribution in [0.2, 0.25) is 0 Å². The van der Waals surface area contributed by atoms with Crippen LogP contribution in [-0.4, -0.2) is 42.1 Å². The lowest BCUT2D eigenvalue weighted by molar-refractivity contribution is 0.0914. The number of nitrogens with one attached hydrogen (secondary N) is 1. The predicted molar refractivity (Wildman–Crippen MR) is 89.6 cm³/mol. The maximum atomic E-state index is 12.2. The molecule has 2 amide bonds. The lowest BCUT2D eigenvalue weighted by Gasteiger charge is -2.19. The molecular weight excluding hydrogens is 292 g/mol. The molecule has 0 spiro atoms. The summed E-state index contributed by atoms with van der Waals surface area (Å²) in [5, 5.41) is 2.84. The van der Waals surface area contributed by atoms with E-state index in [9.17, 15) is 9.59 Å². The van der Waals surface area contributed by atoms with Crippen LogP contribution in [0.3, 0.4) is 0 Å². The lowest BCUT2D eigenvalue weighted by atomic mass is 9.87. The Kier molecular flexibility index (Phi) is 4.97. The SMILES string of the molecule is CC(C)N1CC(CNC(=O)c2ccc(C(C)(C)C)cc2)OC1=O. The first-order valence-corrected chi connectivity index (χ1v) is 8.04. The molecule has 1 unspecified atom stereocenters. The molecule has 0 aliphatic carbocycles. The molecule has 0 bridgehead atoms. The van der Waals surface area contributed by atoms with Crippen LogP contribution in [0.5, 0.6) is 0 Å². The Hall–Kier alpha value is -2.04. The first kappa shape index (κ1) is 17.3. The quantitative estimate of drug-likeness (QED) is 0.928. The maximum absolute atomic E-state index is 12.2. The molecule has 0 aromatic heterocycles. The van der Waals surface area contributed by atoms with E-state index in [4.69, 9.17) is 4.74 Å². The molecule has 5 nitrogen and oxygen atoms in total. The van der Waals surface area contributed by atoms with Gasteiger partial charge in [0.2, 0.25) is 0 Å². The monoisotopic (exact) mass is 318 g/mol. The van der Waals surface area contributed by atoms with Crippen LogP contribution in [0.25, 0.3) is 0 Å². The first-order valence-electron chi connectivity index (χ1n) is 8.04. The van der Waals surface area contributed by atoms with Crippen molar-refractivity contribution < 1.29 is 14.3 Å². The molecule has 126 valence electrons. The van der Waals surface area contributed by atoms with Gasteiger partial charge < -0.3 is 15.0 Å². The lowest BCUT2D eigenvalue weighted by Crippen LogP contribution is -2.36. The van der Waals surface area contributed by atoms with E-state index < -0.39 is 0 Å². The van der Waals surface area contributed by atoms with E-state index in [1.807, 2.05) is 38.1 Å². The Morgan fingerprint density at radius 2 is 1.91 bits per heavy atom. The van der Waals surface area contributed by atoms with Crippen molar-refractivity contribution in [2.75, 3.05) is 13.1 Å². The minimum Gasteiger partial charge on any atom is -0.442 e. The fourth-order valence-corrected chi connectivity index (χ4v) is 2.50. The van der Waals surface area contributed by atoms with Gasteiger partial charge in [-0.25, -0.2) is 4.79 Å². The number of nitrogens with zero attached hydrogens (tertiary/aromatic N) is 1. The molecule has 23 heavy (non-hydrogen) atoms. The predicted octanol–water partition coefficient (Wildman–Crippen LogP) is 2.94. The van der Waals surface area contributed by atoms with Gasteiger partial charge in [0, 0.05) is 11.6 Å². The topological polar surface area (TPSA) is 58.6 Å². The normalized spacial score (nSPS) is 18.3. The van der Waals surface area contributed by atoms with Crippen molar-refractivity contribution in [3.05, 3.63) is 35.4 Å². The summed E-state index contributed by atoms with van der Waals surface area (Å²) in [6.45, 7) is 11.1. The van der Waals surface area contributed by atoms with Crippen LogP contribution in [0.1, 0.15) is 50.5 Å². The molecule has 1 aromatic carbocycles. The average Bonchev–Trinajstić information content (AvgIpc) is 2.85. The minimum absolute atomic E-state index is 0.0629. The van der Waals surface area contributed by atoms with Crippen LogP contribution in [0, 0.1) is 0 Å². The van der Waals surface area contributed by atoms with Gasteiger partial charge in [0.05, 0.1) is 13.1 Å². The van der Waals surface area contributed by atoms with E-state index in [1.165, 1.54) is 5.56 Å². The Morgan fingerprint density at radius 1 is 1.30 bits per heavy atom. The van der Waals surface area contributed by atoms with Crippen molar-refractivity contribution >= 4 is 12.0 Å². The highest BCUT2D eigenvalue weighted by atomic mass is 16.6. The van der Waals surface area contributed by atoms with E-state index in [0.29, 0.717) is 18.7 Å². The van der Waals surface area contributed by atoms with E-state index in [1.54, 1.807) is 4.90 Å². The first-order chi connectivity index (χ1) is 10.7. The molecule has 1 atom stereocenters. The third kappa shape index (κ3) is 4.24. The van der Waals surface area contributed by atoms with Crippen molar-refractivity contribution in [1.82, 2.24) is 10.2 Å². The van der Waals surface area contributed by atoms with Crippen LogP contribution < -0.4 is 5.32 Å². The molecule has 1 aliphatic rings. The fraction of sp³-hybridized carbons (Fsp3) is 0.556. The van der Waals surface area contributed by atoms with Crippen molar-refractivity contribution in [3.63, 3.8) is 0 Å². The molecule has 0 radical (unpaired) electrons. The standard InChI is InChI=1S/C18H26N2O3/c1-12(2)20-11-15(23-17(20)22)10-19-16(21)13-6-8-14(9-7-13)18(3,4)5/h6-9,12,15H,10-11H2,1-5H3,(H,19,21). The van der Waals surface area contributed by atoms with Gasteiger partial charge in [-0.1, -0.05) is 32.9 Å². The number of ether oxygens (including phenoxy) is 1. The summed E-state index contributed by atoms with van der Waals surface area (Å²) in [6.07, 6.45) is -0.600. The van der Waals surface area contributed by atoms with Crippen molar-refractivity contribution in [3.8, 4) is 0 Å². The van der Waals surface area contributed by atoms with Crippen molar-refractivity contribution in [1.29, 1.82) is 0 Å². The van der Waals surface area contributed by atoms with Crippen LogP contribution in [0.4, 0.5) is 4.79 Å². The largest absolute Gasteiger partial charge is 0.442 e. The third-order valence-corrected chi connectivity index (χ3v) is 4.03. The summed E-state index contributed by atoms with van der Waals surface area (Å²) in [5.41, 5.74) is 1.86. The Morgan fingerprint density at radius 3 is 2.39 bits per heavy atom. The van der Waals surface area contributed by atoms with Gasteiger partial charge in [0.15, 0.2) is 0 Å². The van der Waals surface area contributed by atoms with E-state index in [2.05, 4.69) is 26.1 Å². The van der Waals surface area contributed by atoms with Crippen molar-refractivity contribution in [2.45, 2.75) is 52.2 Å². The second-order valence-electron chi connectivity index (χ2n) is 7.29. The summed E-state index contributed by atoms with van der Waals surface area (Å²) < 4.78 is 5.26. The number of hydrogen-bond acceptors (Lipinski definition) is 3. The highest BCUT2D eigenvalue weighted by molar-refractivity contribution is 5.94. The van der Waals surface area contributed by atoms with E-state index in [-0.39, 0.29) is 29.6 Å². The molecule has 5 heteroatoms. The van der Waals surface area contributed by atoms with Crippen LogP contribution >= 0.6 is 0 Å². The molecule has 0 saturated carbocycles. The Labute approximate surface area is 138 Å². The number of rotatable bonds is 4. The highest BCUT2D eigenvalue weighted by Crippen LogP contribution is 2.22. The second-order valence-corrected chi connectivity index (χ2v) is 7.29. The molecule has 1 heterocycles. The zero-order valence-electron chi connectivity index (χ0n) is 14.6. The van der Waals surface area contributed by atoms with Gasteiger partial charge in [-0.2, -0.15) is 0 Å². The summed E-state index contributed by atoms with van der Waals surface area (Å²) in [7, 11) is 0. The second kappa shape index (κ2) is 6.60. The maximum Gasteiger partial charge on any atom is 0.410 e. The number of carbonyl (C=O) groups is 2. The van der Waals surface area contributed by atoms with E-state index >= 15 is 0 Å². The molecule has 1 N–H and O–H groups in total. The summed E-state index contributed by atoms with van der Waals surface area (Å²) in [5.74, 6) is -0.149. The van der Waals surface area contributed by atoms with Crippen molar-refractivity contribution in [2.24, 2.45) is 0 Å². The smallest absolute Gasteiger partial charge is 0.410 e. The fourth-order valence-electron chi connectivity index (χ4n) is 2.50.